The summed E-state index contributed by atoms with van der Waals surface area (Å²) in [6.45, 7) is 5.33. The van der Waals surface area contributed by atoms with Crippen LogP contribution >= 0.6 is 0 Å². The summed E-state index contributed by atoms with van der Waals surface area (Å²) >= 11 is 0. The first-order valence-electron chi connectivity index (χ1n) is 31.0. The molecule has 6 aromatic carbocycles. The minimum atomic E-state index is -0.613. The molecule has 18 nitrogen and oxygen atoms in total. The molecule has 5 N–H and O–H groups in total. The largest absolute Gasteiger partial charge is 2.00 e. The van der Waals surface area contributed by atoms with E-state index in [0.29, 0.717) is 54.1 Å². The Hall–Kier alpha value is -11.1. The van der Waals surface area contributed by atoms with E-state index in [1.54, 1.807) is 50.9 Å². The average Bonchev–Trinajstić information content (AvgIpc) is 1.57. The molecule has 0 aliphatic carbocycles. The van der Waals surface area contributed by atoms with Gasteiger partial charge in [-0.05, 0) is 94.8 Å². The number of benzene rings is 6. The Balaban J connectivity index is 0.000000157. The van der Waals surface area contributed by atoms with Gasteiger partial charge >= 0.3 is 23.1 Å². The molecular weight excluding hydrogens is 1300 g/mol. The van der Waals surface area contributed by atoms with Gasteiger partial charge in [0, 0.05) is 114 Å². The minimum absolute atomic E-state index is 0. The van der Waals surface area contributed by atoms with E-state index >= 15 is 0 Å². The number of aromatic nitrogens is 12. The Morgan fingerprint density at radius 1 is 0.388 bits per heavy atom. The summed E-state index contributed by atoms with van der Waals surface area (Å²) < 4.78 is 5.53. The van der Waals surface area contributed by atoms with Crippen LogP contribution in [0.3, 0.4) is 0 Å². The number of halogens is 1. The van der Waals surface area contributed by atoms with Crippen LogP contribution in [-0.2, 0) is 19.6 Å². The van der Waals surface area contributed by atoms with Gasteiger partial charge in [-0.15, -0.1) is 15.3 Å². The zero-order valence-corrected chi connectivity index (χ0v) is 57.1. The molecule has 9 aromatic heterocycles. The summed E-state index contributed by atoms with van der Waals surface area (Å²) in [5, 5.41) is 44.6. The SMILES string of the molecule is CC(O)c1cncc(-c2nc(NCc3ccccc3)c3c(-c4ccccc4)ccn3n2)c1.CC(O)c1cncc(-c2nc(NCc3ccccc3)c3c(-c4ccccc4)ccn3n2)c1.O=Cc1cncc(-c2nc(NCc3ccccc3)c3c(-c4ccccc4)ccn3n2)c1.[Br-].[CH3-].[Mg+2]. The molecule has 2 atom stereocenters. The van der Waals surface area contributed by atoms with E-state index in [4.69, 9.17) is 30.2 Å². The summed E-state index contributed by atoms with van der Waals surface area (Å²) in [7, 11) is 0. The Kier molecular flexibility index (Phi) is 23.5. The van der Waals surface area contributed by atoms with Gasteiger partial charge in [0.25, 0.3) is 0 Å². The van der Waals surface area contributed by atoms with E-state index in [-0.39, 0.29) is 47.5 Å². The van der Waals surface area contributed by atoms with Gasteiger partial charge in [-0.2, -0.15) is 0 Å². The predicted octanol–water partition coefficient (Wildman–Crippen LogP) is 12.2. The fourth-order valence-corrected chi connectivity index (χ4v) is 11.0. The Morgan fingerprint density at radius 2 is 0.673 bits per heavy atom. The van der Waals surface area contributed by atoms with Crippen LogP contribution in [0.1, 0.15) is 64.2 Å². The third-order valence-electron chi connectivity index (χ3n) is 15.8. The zero-order valence-electron chi connectivity index (χ0n) is 54.1. The van der Waals surface area contributed by atoms with Crippen molar-refractivity contribution in [3.63, 3.8) is 0 Å². The summed E-state index contributed by atoms with van der Waals surface area (Å²) in [5.74, 6) is 3.77. The molecule has 0 fully saturated rings. The maximum absolute atomic E-state index is 11.2. The number of aliphatic hydroxyl groups is 2. The molecule has 0 amide bonds. The average molecular weight is 1370 g/mol. The first kappa shape index (κ1) is 69.7. The summed E-state index contributed by atoms with van der Waals surface area (Å²) in [4.78, 5) is 38.5. The number of aliphatic hydroxyl groups excluding tert-OH is 2. The fourth-order valence-electron chi connectivity index (χ4n) is 11.0. The van der Waals surface area contributed by atoms with Crippen molar-refractivity contribution < 1.29 is 32.0 Å². The molecule has 0 aliphatic rings. The number of aldehydes is 1. The number of carbonyl (C=O) groups is 1. The van der Waals surface area contributed by atoms with E-state index in [1.165, 1.54) is 6.20 Å². The van der Waals surface area contributed by atoms with Crippen molar-refractivity contribution in [1.29, 1.82) is 0 Å². The predicted molar refractivity (Wildman–Crippen MR) is 385 cm³/mol. The molecular formula is C78H68BrMgN15O3. The maximum Gasteiger partial charge on any atom is 2.00 e. The second-order valence-corrected chi connectivity index (χ2v) is 22.5. The van der Waals surface area contributed by atoms with Gasteiger partial charge < -0.3 is 50.6 Å². The molecule has 15 rings (SSSR count). The van der Waals surface area contributed by atoms with Crippen LogP contribution in [0, 0.1) is 7.43 Å². The molecule has 482 valence electrons. The maximum atomic E-state index is 11.2. The van der Waals surface area contributed by atoms with Crippen molar-refractivity contribution in [2.24, 2.45) is 0 Å². The number of anilines is 3. The van der Waals surface area contributed by atoms with Gasteiger partial charge in [0.15, 0.2) is 41.2 Å². The van der Waals surface area contributed by atoms with Crippen molar-refractivity contribution in [3.8, 4) is 67.5 Å². The molecule has 0 saturated carbocycles. The van der Waals surface area contributed by atoms with Gasteiger partial charge in [-0.25, -0.2) is 28.5 Å². The number of nitrogens with zero attached hydrogens (tertiary/aromatic N) is 12. The number of hydrogen-bond donors (Lipinski definition) is 5. The van der Waals surface area contributed by atoms with E-state index in [1.807, 2.05) is 160 Å². The van der Waals surface area contributed by atoms with Gasteiger partial charge in [0.2, 0.25) is 0 Å². The molecule has 98 heavy (non-hydrogen) atoms. The molecule has 2 unspecified atom stereocenters. The fraction of sp³-hybridized carbons (Fsp3) is 0.0897. The second kappa shape index (κ2) is 33.0. The van der Waals surface area contributed by atoms with Crippen LogP contribution in [0.15, 0.2) is 274 Å². The molecule has 0 radical (unpaired) electrons. The zero-order chi connectivity index (χ0) is 64.9. The Labute approximate surface area is 594 Å². The third kappa shape index (κ3) is 16.4. The minimum Gasteiger partial charge on any atom is -1.00 e. The van der Waals surface area contributed by atoms with Crippen molar-refractivity contribution in [2.75, 3.05) is 16.0 Å². The van der Waals surface area contributed by atoms with Crippen molar-refractivity contribution in [1.82, 2.24) is 58.7 Å². The topological polar surface area (TPSA) is 223 Å². The Morgan fingerprint density at radius 3 is 0.969 bits per heavy atom. The molecule has 0 aliphatic heterocycles. The first-order valence-corrected chi connectivity index (χ1v) is 31.0. The van der Waals surface area contributed by atoms with Crippen molar-refractivity contribution in [2.45, 2.75) is 45.7 Å². The summed E-state index contributed by atoms with van der Waals surface area (Å²) in [6.07, 6.45) is 15.3. The van der Waals surface area contributed by atoms with Crippen LogP contribution < -0.4 is 32.9 Å². The number of fused-ring (bicyclic) bond motifs is 3. The quantitative estimate of drug-likeness (QED) is 0.0306. The number of hydrogen-bond acceptors (Lipinski definition) is 15. The number of pyridine rings is 3. The van der Waals surface area contributed by atoms with E-state index in [0.717, 1.165) is 107 Å². The van der Waals surface area contributed by atoms with Crippen LogP contribution in [0.2, 0.25) is 0 Å². The normalized spacial score (nSPS) is 11.3. The molecule has 0 saturated heterocycles. The van der Waals surface area contributed by atoms with Gasteiger partial charge in [0.1, 0.15) is 16.6 Å². The molecule has 20 heteroatoms. The number of carbonyl (C=O) groups excluding carboxylic acids is 1. The van der Waals surface area contributed by atoms with Crippen LogP contribution in [-0.4, -0.2) is 98.3 Å². The molecule has 15 aromatic rings. The third-order valence-corrected chi connectivity index (χ3v) is 15.8. The van der Waals surface area contributed by atoms with E-state index < -0.39 is 12.2 Å². The molecule has 9 heterocycles. The van der Waals surface area contributed by atoms with Gasteiger partial charge in [0.05, 0.1) is 12.2 Å². The first-order chi connectivity index (χ1) is 46.7. The Bertz CT molecular complexity index is 4860. The van der Waals surface area contributed by atoms with Crippen molar-refractivity contribution >= 4 is 63.3 Å². The van der Waals surface area contributed by atoms with Gasteiger partial charge in [-0.1, -0.05) is 182 Å². The number of nitrogens with one attached hydrogen (secondary N) is 3. The van der Waals surface area contributed by atoms with E-state index in [2.05, 4.69) is 116 Å². The van der Waals surface area contributed by atoms with Gasteiger partial charge in [-0.3, -0.25) is 19.7 Å². The van der Waals surface area contributed by atoms with E-state index in [9.17, 15) is 15.0 Å². The standard InChI is InChI=1S/2C26H23N5O.C25H19N5O.CH3.BrH.Mg/c2*1-18(32)21-14-22(17-27-16-21)25-29-26(28-15-19-8-4-2-5-9-19)24-23(12-13-31(24)30-25)20-10-6-3-7-11-20;31-17-19-13-21(16-26-14-19)24-28-25(27-15-18-7-3-1-4-8-18)23-22(11-12-30(23)29-24)20-9-5-2-6-10-20;;;/h2*2-14,16-18,32H,15H2,1H3,(H,28,29,30);1-14,16-17H,15H2,(H,27,28,29);1H3;1H;/q;;;-1;;+2/p-1. The summed E-state index contributed by atoms with van der Waals surface area (Å²) in [5.41, 5.74) is 16.8. The molecule has 0 bridgehead atoms. The molecule has 0 spiro atoms. The van der Waals surface area contributed by atoms with Crippen LogP contribution in [0.5, 0.6) is 0 Å². The monoisotopic (exact) mass is 1370 g/mol. The smallest absolute Gasteiger partial charge is 1.00 e. The van der Waals surface area contributed by atoms with Crippen LogP contribution in [0.4, 0.5) is 17.5 Å². The van der Waals surface area contributed by atoms with Crippen molar-refractivity contribution in [3.05, 3.63) is 315 Å². The number of rotatable bonds is 18. The summed E-state index contributed by atoms with van der Waals surface area (Å²) in [6, 6.07) is 72.9. The van der Waals surface area contributed by atoms with Crippen LogP contribution in [0.25, 0.3) is 84.1 Å². The second-order valence-electron chi connectivity index (χ2n) is 22.5.